The van der Waals surface area contributed by atoms with Gasteiger partial charge in [-0.15, -0.1) is 24.0 Å². The lowest BCUT2D eigenvalue weighted by Crippen LogP contribution is -2.49. The number of aliphatic imine (C=N–C) groups is 1. The molecule has 0 radical (unpaired) electrons. The zero-order chi connectivity index (χ0) is 19.9. The van der Waals surface area contributed by atoms with Crippen molar-refractivity contribution in [2.24, 2.45) is 16.3 Å². The number of halogens is 1. The third-order valence-corrected chi connectivity index (χ3v) is 5.65. The Labute approximate surface area is 187 Å². The van der Waals surface area contributed by atoms with E-state index in [1.165, 1.54) is 5.56 Å². The van der Waals surface area contributed by atoms with Crippen LogP contribution in [0.2, 0.25) is 0 Å². The predicted octanol–water partition coefficient (Wildman–Crippen LogP) is 3.25. The van der Waals surface area contributed by atoms with E-state index in [1.54, 1.807) is 18.1 Å². The number of hydrogen-bond donors (Lipinski definition) is 2. The first-order chi connectivity index (χ1) is 12.9. The summed E-state index contributed by atoms with van der Waals surface area (Å²) in [6, 6.07) is 4.10. The largest absolute Gasteiger partial charge is 0.356 e. The van der Waals surface area contributed by atoms with Crippen LogP contribution in [0.25, 0.3) is 0 Å². The molecule has 2 N–H and O–H groups in total. The molecule has 1 aliphatic rings. The highest BCUT2D eigenvalue weighted by Gasteiger charge is 2.42. The van der Waals surface area contributed by atoms with Crippen molar-refractivity contribution in [2.75, 3.05) is 34.2 Å². The van der Waals surface area contributed by atoms with Crippen LogP contribution in [0.1, 0.15) is 51.0 Å². The van der Waals surface area contributed by atoms with Crippen molar-refractivity contribution in [3.8, 4) is 0 Å². The number of amides is 1. The van der Waals surface area contributed by atoms with Crippen LogP contribution >= 0.6 is 24.0 Å². The maximum Gasteiger partial charge on any atom is 0.230 e. The summed E-state index contributed by atoms with van der Waals surface area (Å²) in [5, 5.41) is 6.85. The Kier molecular flexibility index (Phi) is 10.2. The van der Waals surface area contributed by atoms with Crippen LogP contribution in [-0.4, -0.2) is 56.0 Å². The van der Waals surface area contributed by atoms with E-state index in [1.807, 2.05) is 26.4 Å². The van der Waals surface area contributed by atoms with Crippen LogP contribution in [0.5, 0.6) is 0 Å². The molecular weight excluding hydrogens is 465 g/mol. The number of nitrogens with zero attached hydrogens (tertiary/aromatic N) is 3. The van der Waals surface area contributed by atoms with Gasteiger partial charge in [0.2, 0.25) is 5.91 Å². The first-order valence-corrected chi connectivity index (χ1v) is 9.96. The molecule has 1 amide bonds. The predicted molar refractivity (Wildman–Crippen MR) is 126 cm³/mol. The van der Waals surface area contributed by atoms with Crippen molar-refractivity contribution in [1.29, 1.82) is 0 Å². The molecule has 1 aliphatic carbocycles. The minimum atomic E-state index is -0.304. The third kappa shape index (κ3) is 6.32. The monoisotopic (exact) mass is 501 g/mol. The molecule has 1 unspecified atom stereocenters. The number of carbonyl (C=O) groups is 1. The molecule has 0 aromatic carbocycles. The molecule has 1 fully saturated rings. The van der Waals surface area contributed by atoms with Gasteiger partial charge in [0, 0.05) is 52.5 Å². The zero-order valence-electron chi connectivity index (χ0n) is 17.9. The fraction of sp³-hybridized carbons (Fsp3) is 0.667. The van der Waals surface area contributed by atoms with Crippen LogP contribution in [0, 0.1) is 11.3 Å². The minimum Gasteiger partial charge on any atom is -0.356 e. The molecular formula is C21H36IN5O. The number of nitrogens with one attached hydrogen (secondary N) is 2. The summed E-state index contributed by atoms with van der Waals surface area (Å²) in [4.78, 5) is 23.1. The van der Waals surface area contributed by atoms with E-state index in [0.717, 1.165) is 38.2 Å². The Bertz CT molecular complexity index is 627. The summed E-state index contributed by atoms with van der Waals surface area (Å²) < 4.78 is 0. The fourth-order valence-corrected chi connectivity index (χ4v) is 4.01. The topological polar surface area (TPSA) is 69.6 Å². The van der Waals surface area contributed by atoms with Gasteiger partial charge in [-0.2, -0.15) is 0 Å². The van der Waals surface area contributed by atoms with E-state index >= 15 is 0 Å². The van der Waals surface area contributed by atoms with Gasteiger partial charge < -0.3 is 15.5 Å². The highest BCUT2D eigenvalue weighted by molar-refractivity contribution is 14.0. The fourth-order valence-electron chi connectivity index (χ4n) is 4.01. The number of aromatic nitrogens is 1. The summed E-state index contributed by atoms with van der Waals surface area (Å²) >= 11 is 0. The molecule has 0 spiro atoms. The van der Waals surface area contributed by atoms with Gasteiger partial charge >= 0.3 is 0 Å². The third-order valence-electron chi connectivity index (χ3n) is 5.65. The van der Waals surface area contributed by atoms with Gasteiger partial charge in [0.25, 0.3) is 0 Å². The standard InChI is InChI=1S/C21H35N5O.HI/c1-16(2)18(17-9-8-12-23-13-17)14-24-20(22-3)25-15-21(10-6-7-11-21)19(27)26(4)5;/h8-9,12-13,16,18H,6-7,10-11,14-15H2,1-5H3,(H2,22,24,25);1H. The Hall–Kier alpha value is -1.38. The number of carbonyl (C=O) groups excluding carboxylic acids is 1. The van der Waals surface area contributed by atoms with Gasteiger partial charge in [-0.1, -0.05) is 32.8 Å². The quantitative estimate of drug-likeness (QED) is 0.342. The molecule has 28 heavy (non-hydrogen) atoms. The highest BCUT2D eigenvalue weighted by Crippen LogP contribution is 2.38. The van der Waals surface area contributed by atoms with Crippen molar-refractivity contribution in [1.82, 2.24) is 20.5 Å². The van der Waals surface area contributed by atoms with E-state index in [2.05, 4.69) is 40.5 Å². The number of hydrogen-bond acceptors (Lipinski definition) is 3. The van der Waals surface area contributed by atoms with E-state index in [-0.39, 0.29) is 35.3 Å². The van der Waals surface area contributed by atoms with Crippen LogP contribution in [0.15, 0.2) is 29.5 Å². The average molecular weight is 501 g/mol. The molecule has 0 saturated heterocycles. The lowest BCUT2D eigenvalue weighted by molar-refractivity contribution is -0.138. The average Bonchev–Trinajstić information content (AvgIpc) is 3.14. The van der Waals surface area contributed by atoms with E-state index in [0.29, 0.717) is 18.4 Å². The molecule has 1 aromatic heterocycles. The van der Waals surface area contributed by atoms with E-state index < -0.39 is 0 Å². The maximum atomic E-state index is 12.7. The van der Waals surface area contributed by atoms with Crippen molar-refractivity contribution < 1.29 is 4.79 Å². The minimum absolute atomic E-state index is 0. The van der Waals surface area contributed by atoms with Crippen LogP contribution in [0.4, 0.5) is 0 Å². The van der Waals surface area contributed by atoms with Crippen LogP contribution in [0.3, 0.4) is 0 Å². The normalized spacial score (nSPS) is 17.0. The molecule has 1 saturated carbocycles. The van der Waals surface area contributed by atoms with Gasteiger partial charge in [-0.05, 0) is 30.4 Å². The highest BCUT2D eigenvalue weighted by atomic mass is 127. The summed E-state index contributed by atoms with van der Waals surface area (Å²) in [6.07, 6.45) is 7.85. The summed E-state index contributed by atoms with van der Waals surface area (Å²) in [6.45, 7) is 5.85. The Morgan fingerprint density at radius 2 is 1.96 bits per heavy atom. The van der Waals surface area contributed by atoms with Gasteiger partial charge in [-0.3, -0.25) is 14.8 Å². The molecule has 0 bridgehead atoms. The molecule has 6 nitrogen and oxygen atoms in total. The van der Waals surface area contributed by atoms with Gasteiger partial charge in [0.05, 0.1) is 5.41 Å². The molecule has 7 heteroatoms. The second-order valence-corrected chi connectivity index (χ2v) is 8.13. The molecule has 1 aromatic rings. The lowest BCUT2D eigenvalue weighted by atomic mass is 9.84. The first-order valence-electron chi connectivity index (χ1n) is 9.96. The molecule has 1 atom stereocenters. The van der Waals surface area contributed by atoms with Gasteiger partial charge in [0.15, 0.2) is 5.96 Å². The van der Waals surface area contributed by atoms with E-state index in [9.17, 15) is 4.79 Å². The zero-order valence-corrected chi connectivity index (χ0v) is 20.2. The number of guanidine groups is 1. The second kappa shape index (κ2) is 11.6. The Balaban J connectivity index is 0.00000392. The van der Waals surface area contributed by atoms with Gasteiger partial charge in [-0.25, -0.2) is 0 Å². The van der Waals surface area contributed by atoms with Crippen LogP contribution < -0.4 is 10.6 Å². The Morgan fingerprint density at radius 3 is 2.46 bits per heavy atom. The van der Waals surface area contributed by atoms with Crippen molar-refractivity contribution in [2.45, 2.75) is 45.4 Å². The SMILES string of the molecule is CN=C(NCC(c1cccnc1)C(C)C)NCC1(C(=O)N(C)C)CCCC1.I. The molecule has 1 heterocycles. The summed E-state index contributed by atoms with van der Waals surface area (Å²) in [5.41, 5.74) is 0.924. The molecule has 2 rings (SSSR count). The van der Waals surface area contributed by atoms with Crippen molar-refractivity contribution >= 4 is 35.8 Å². The smallest absolute Gasteiger partial charge is 0.230 e. The summed E-state index contributed by atoms with van der Waals surface area (Å²) in [5.74, 6) is 1.80. The lowest BCUT2D eigenvalue weighted by Gasteiger charge is -2.31. The van der Waals surface area contributed by atoms with Crippen molar-refractivity contribution in [3.05, 3.63) is 30.1 Å². The van der Waals surface area contributed by atoms with Crippen LogP contribution in [-0.2, 0) is 4.79 Å². The van der Waals surface area contributed by atoms with E-state index in [4.69, 9.17) is 0 Å². The number of pyridine rings is 1. The summed E-state index contributed by atoms with van der Waals surface area (Å²) in [7, 11) is 5.46. The maximum absolute atomic E-state index is 12.7. The number of rotatable bonds is 7. The van der Waals surface area contributed by atoms with Crippen molar-refractivity contribution in [3.63, 3.8) is 0 Å². The Morgan fingerprint density at radius 1 is 1.29 bits per heavy atom. The van der Waals surface area contributed by atoms with Gasteiger partial charge in [0.1, 0.15) is 0 Å². The first kappa shape index (κ1) is 24.7. The molecule has 0 aliphatic heterocycles. The second-order valence-electron chi connectivity index (χ2n) is 8.13. The molecule has 158 valence electrons.